The van der Waals surface area contributed by atoms with Crippen LogP contribution in [-0.4, -0.2) is 17.4 Å². The van der Waals surface area contributed by atoms with Crippen molar-refractivity contribution in [3.05, 3.63) is 11.1 Å². The van der Waals surface area contributed by atoms with Crippen LogP contribution in [0.4, 0.5) is 5.13 Å². The predicted molar refractivity (Wildman–Crippen MR) is 61.3 cm³/mol. The zero-order valence-electron chi connectivity index (χ0n) is 8.54. The summed E-state index contributed by atoms with van der Waals surface area (Å²) < 4.78 is 0. The molecule has 0 radical (unpaired) electrons. The van der Waals surface area contributed by atoms with Crippen molar-refractivity contribution in [1.82, 2.24) is 10.3 Å². The number of carbonyl (C=O) groups excluding carboxylic acids is 1. The fourth-order valence-electron chi connectivity index (χ4n) is 1.02. The van der Waals surface area contributed by atoms with Crippen LogP contribution in [0.5, 0.6) is 0 Å². The molecule has 0 aliphatic rings. The Kier molecular flexibility index (Phi) is 4.64. The number of carbonyl (C=O) groups is 1. The van der Waals surface area contributed by atoms with Gasteiger partial charge in [-0.25, -0.2) is 4.98 Å². The van der Waals surface area contributed by atoms with E-state index in [0.29, 0.717) is 18.1 Å². The minimum Gasteiger partial charge on any atom is -0.375 e. The van der Waals surface area contributed by atoms with Crippen LogP contribution in [0.15, 0.2) is 5.38 Å². The fraction of sp³-hybridized carbons (Fsp3) is 0.400. The average molecular weight is 223 g/mol. The SMILES string of the molecule is CC#CCCNC(=O)Cc1csc(N)n1. The molecule has 1 rings (SSSR count). The number of anilines is 1. The van der Waals surface area contributed by atoms with E-state index in [9.17, 15) is 4.79 Å². The molecular weight excluding hydrogens is 210 g/mol. The van der Waals surface area contributed by atoms with Gasteiger partial charge in [0, 0.05) is 18.3 Å². The highest BCUT2D eigenvalue weighted by Crippen LogP contribution is 2.10. The molecule has 3 N–H and O–H groups in total. The van der Waals surface area contributed by atoms with Crippen molar-refractivity contribution < 1.29 is 4.79 Å². The molecule has 0 atom stereocenters. The number of nitrogens with zero attached hydrogens (tertiary/aromatic N) is 1. The quantitative estimate of drug-likeness (QED) is 0.586. The van der Waals surface area contributed by atoms with Crippen LogP contribution < -0.4 is 11.1 Å². The standard InChI is InChI=1S/C10H13N3OS/c1-2-3-4-5-12-9(14)6-8-7-15-10(11)13-8/h7H,4-6H2,1H3,(H2,11,13)(H,12,14). The van der Waals surface area contributed by atoms with Crippen LogP contribution in [-0.2, 0) is 11.2 Å². The highest BCUT2D eigenvalue weighted by atomic mass is 32.1. The molecule has 0 aromatic carbocycles. The molecule has 0 fully saturated rings. The Morgan fingerprint density at radius 3 is 3.13 bits per heavy atom. The molecule has 80 valence electrons. The van der Waals surface area contributed by atoms with Gasteiger partial charge in [0.1, 0.15) is 0 Å². The maximum atomic E-state index is 11.3. The van der Waals surface area contributed by atoms with Crippen molar-refractivity contribution in [3.63, 3.8) is 0 Å². The van der Waals surface area contributed by atoms with E-state index >= 15 is 0 Å². The van der Waals surface area contributed by atoms with E-state index in [1.54, 1.807) is 12.3 Å². The number of nitrogens with two attached hydrogens (primary N) is 1. The van der Waals surface area contributed by atoms with E-state index in [1.165, 1.54) is 11.3 Å². The van der Waals surface area contributed by atoms with Crippen LogP contribution in [0.25, 0.3) is 0 Å². The lowest BCUT2D eigenvalue weighted by Gasteiger charge is -2.00. The Balaban J connectivity index is 2.26. The summed E-state index contributed by atoms with van der Waals surface area (Å²) in [7, 11) is 0. The summed E-state index contributed by atoms with van der Waals surface area (Å²) >= 11 is 1.34. The third-order valence-electron chi connectivity index (χ3n) is 1.66. The van der Waals surface area contributed by atoms with Crippen molar-refractivity contribution in [3.8, 4) is 11.8 Å². The van der Waals surface area contributed by atoms with Gasteiger partial charge in [0.2, 0.25) is 5.91 Å². The Morgan fingerprint density at radius 1 is 1.73 bits per heavy atom. The topological polar surface area (TPSA) is 68.0 Å². The number of amides is 1. The highest BCUT2D eigenvalue weighted by molar-refractivity contribution is 7.13. The molecule has 4 nitrogen and oxygen atoms in total. The summed E-state index contributed by atoms with van der Waals surface area (Å²) in [6.07, 6.45) is 0.967. The number of nitrogens with one attached hydrogen (secondary N) is 1. The number of hydrogen-bond acceptors (Lipinski definition) is 4. The maximum Gasteiger partial charge on any atom is 0.226 e. The second kappa shape index (κ2) is 6.04. The van der Waals surface area contributed by atoms with Gasteiger partial charge < -0.3 is 11.1 Å². The van der Waals surface area contributed by atoms with Gasteiger partial charge in [-0.3, -0.25) is 4.79 Å². The molecule has 1 heterocycles. The van der Waals surface area contributed by atoms with Crippen LogP contribution in [0.3, 0.4) is 0 Å². The van der Waals surface area contributed by atoms with Gasteiger partial charge in [-0.2, -0.15) is 0 Å². The lowest BCUT2D eigenvalue weighted by atomic mass is 10.3. The first-order chi connectivity index (χ1) is 7.22. The summed E-state index contributed by atoms with van der Waals surface area (Å²) in [6.45, 7) is 2.36. The van der Waals surface area contributed by atoms with Crippen molar-refractivity contribution in [2.45, 2.75) is 19.8 Å². The average Bonchev–Trinajstić information content (AvgIpc) is 2.59. The first-order valence-electron chi connectivity index (χ1n) is 4.58. The highest BCUT2D eigenvalue weighted by Gasteiger charge is 2.05. The van der Waals surface area contributed by atoms with Crippen molar-refractivity contribution in [1.29, 1.82) is 0 Å². The Hall–Kier alpha value is -1.54. The summed E-state index contributed by atoms with van der Waals surface area (Å²) in [4.78, 5) is 15.4. The maximum absolute atomic E-state index is 11.3. The minimum absolute atomic E-state index is 0.0433. The summed E-state index contributed by atoms with van der Waals surface area (Å²) in [5.41, 5.74) is 6.17. The van der Waals surface area contributed by atoms with Crippen LogP contribution >= 0.6 is 11.3 Å². The van der Waals surface area contributed by atoms with Crippen LogP contribution in [0.1, 0.15) is 19.0 Å². The van der Waals surface area contributed by atoms with Gasteiger partial charge in [0.15, 0.2) is 5.13 Å². The monoisotopic (exact) mass is 223 g/mol. The molecule has 0 saturated heterocycles. The molecule has 1 amide bonds. The molecule has 5 heteroatoms. The fourth-order valence-corrected chi connectivity index (χ4v) is 1.58. The number of hydrogen-bond donors (Lipinski definition) is 2. The van der Waals surface area contributed by atoms with E-state index in [1.807, 2.05) is 0 Å². The van der Waals surface area contributed by atoms with E-state index < -0.39 is 0 Å². The van der Waals surface area contributed by atoms with E-state index in [-0.39, 0.29) is 12.3 Å². The summed E-state index contributed by atoms with van der Waals surface area (Å²) in [5, 5.41) is 5.05. The van der Waals surface area contributed by atoms with E-state index in [0.717, 1.165) is 5.69 Å². The van der Waals surface area contributed by atoms with Gasteiger partial charge in [-0.05, 0) is 6.92 Å². The van der Waals surface area contributed by atoms with Crippen LogP contribution in [0.2, 0.25) is 0 Å². The van der Waals surface area contributed by atoms with Gasteiger partial charge in [0.05, 0.1) is 12.1 Å². The Labute approximate surface area is 92.9 Å². The lowest BCUT2D eigenvalue weighted by molar-refractivity contribution is -0.120. The molecule has 0 saturated carbocycles. The number of aromatic nitrogens is 1. The third kappa shape index (κ3) is 4.47. The molecule has 0 bridgehead atoms. The molecule has 0 spiro atoms. The normalized spacial score (nSPS) is 9.13. The number of thiazole rings is 1. The molecule has 1 aromatic rings. The zero-order valence-corrected chi connectivity index (χ0v) is 9.36. The predicted octanol–water partition coefficient (Wildman–Crippen LogP) is 0.797. The van der Waals surface area contributed by atoms with Crippen LogP contribution in [0, 0.1) is 11.8 Å². The second-order valence-corrected chi connectivity index (χ2v) is 3.77. The zero-order chi connectivity index (χ0) is 11.1. The van der Waals surface area contributed by atoms with Crippen molar-refractivity contribution >= 4 is 22.4 Å². The molecular formula is C10H13N3OS. The minimum atomic E-state index is -0.0433. The molecule has 15 heavy (non-hydrogen) atoms. The van der Waals surface area contributed by atoms with E-state index in [4.69, 9.17) is 5.73 Å². The summed E-state index contributed by atoms with van der Waals surface area (Å²) in [5.74, 6) is 5.60. The first kappa shape index (κ1) is 11.5. The molecule has 0 unspecified atom stereocenters. The van der Waals surface area contributed by atoms with Gasteiger partial charge in [-0.15, -0.1) is 23.2 Å². The smallest absolute Gasteiger partial charge is 0.226 e. The Bertz CT molecular complexity index is 389. The number of rotatable bonds is 4. The lowest BCUT2D eigenvalue weighted by Crippen LogP contribution is -2.25. The van der Waals surface area contributed by atoms with Crippen molar-refractivity contribution in [2.24, 2.45) is 0 Å². The Morgan fingerprint density at radius 2 is 2.53 bits per heavy atom. The molecule has 0 aliphatic heterocycles. The summed E-state index contributed by atoms with van der Waals surface area (Å²) in [6, 6.07) is 0. The van der Waals surface area contributed by atoms with Gasteiger partial charge in [0.25, 0.3) is 0 Å². The molecule has 1 aromatic heterocycles. The largest absolute Gasteiger partial charge is 0.375 e. The first-order valence-corrected chi connectivity index (χ1v) is 5.46. The molecule has 0 aliphatic carbocycles. The van der Waals surface area contributed by atoms with E-state index in [2.05, 4.69) is 22.1 Å². The van der Waals surface area contributed by atoms with Crippen molar-refractivity contribution in [2.75, 3.05) is 12.3 Å². The van der Waals surface area contributed by atoms with Gasteiger partial charge in [-0.1, -0.05) is 0 Å². The third-order valence-corrected chi connectivity index (χ3v) is 2.38. The number of nitrogen functional groups attached to an aromatic ring is 1. The second-order valence-electron chi connectivity index (χ2n) is 2.88. The van der Waals surface area contributed by atoms with Gasteiger partial charge >= 0.3 is 0 Å².